The first-order valence-electron chi connectivity index (χ1n) is 6.94. The third-order valence-corrected chi connectivity index (χ3v) is 2.70. The zero-order valence-electron chi connectivity index (χ0n) is 12.7. The Morgan fingerprint density at radius 1 is 1.14 bits per heavy atom. The van der Waals surface area contributed by atoms with Gasteiger partial charge in [-0.3, -0.25) is 9.59 Å². The van der Waals surface area contributed by atoms with Gasteiger partial charge in [0.25, 0.3) is 0 Å². The number of hydrogen-bond acceptors (Lipinski definition) is 5. The van der Waals surface area contributed by atoms with Crippen molar-refractivity contribution in [3.8, 4) is 11.5 Å². The standard InChI is InChI=1S/C11H15NO2.C4H6O4/c1-8(2)12-6-9-3-4-10-11(5-9)14-7-13-10;5-3(6)1-2-4(7)8/h3-5,8,12H,6-7H2,1-2H3;1-2H2,(H,5,6)(H,7,8). The van der Waals surface area contributed by atoms with Crippen LogP contribution in [0.5, 0.6) is 11.5 Å². The largest absolute Gasteiger partial charge is 0.481 e. The van der Waals surface area contributed by atoms with Crippen LogP contribution in [-0.4, -0.2) is 35.0 Å². The number of carbonyl (C=O) groups is 2. The summed E-state index contributed by atoms with van der Waals surface area (Å²) in [5.74, 6) is -0.453. The van der Waals surface area contributed by atoms with Gasteiger partial charge < -0.3 is 25.0 Å². The van der Waals surface area contributed by atoms with Gasteiger partial charge in [0, 0.05) is 12.6 Å². The Morgan fingerprint density at radius 3 is 2.27 bits per heavy atom. The molecule has 1 aliphatic heterocycles. The van der Waals surface area contributed by atoms with Crippen LogP contribution in [0.3, 0.4) is 0 Å². The van der Waals surface area contributed by atoms with Gasteiger partial charge in [-0.1, -0.05) is 19.9 Å². The molecule has 1 aromatic carbocycles. The fraction of sp³-hybridized carbons (Fsp3) is 0.467. The van der Waals surface area contributed by atoms with Crippen LogP contribution in [0.1, 0.15) is 32.3 Å². The van der Waals surface area contributed by atoms with Crippen LogP contribution < -0.4 is 14.8 Å². The van der Waals surface area contributed by atoms with Crippen LogP contribution in [0.4, 0.5) is 0 Å². The van der Waals surface area contributed by atoms with Crippen LogP contribution in [0.15, 0.2) is 18.2 Å². The number of rotatable bonds is 6. The molecule has 0 radical (unpaired) electrons. The number of hydrogen-bond donors (Lipinski definition) is 3. The van der Waals surface area contributed by atoms with Gasteiger partial charge in [0.2, 0.25) is 6.79 Å². The molecule has 0 fully saturated rings. The first-order valence-corrected chi connectivity index (χ1v) is 6.94. The van der Waals surface area contributed by atoms with Gasteiger partial charge in [0.05, 0.1) is 12.8 Å². The van der Waals surface area contributed by atoms with Crippen molar-refractivity contribution in [3.63, 3.8) is 0 Å². The summed E-state index contributed by atoms with van der Waals surface area (Å²) in [4.78, 5) is 19.3. The van der Waals surface area contributed by atoms with Crippen molar-refractivity contribution >= 4 is 11.9 Å². The van der Waals surface area contributed by atoms with E-state index in [-0.39, 0.29) is 12.8 Å². The van der Waals surface area contributed by atoms with E-state index < -0.39 is 11.9 Å². The van der Waals surface area contributed by atoms with E-state index in [0.717, 1.165) is 18.0 Å². The van der Waals surface area contributed by atoms with Crippen LogP contribution in [0.2, 0.25) is 0 Å². The fourth-order valence-corrected chi connectivity index (χ4v) is 1.59. The van der Waals surface area contributed by atoms with E-state index in [2.05, 4.69) is 25.2 Å². The average Bonchev–Trinajstić information content (AvgIpc) is 2.91. The quantitative estimate of drug-likeness (QED) is 0.736. The predicted octanol–water partition coefficient (Wildman–Crippen LogP) is 1.85. The van der Waals surface area contributed by atoms with Gasteiger partial charge in [-0.2, -0.15) is 0 Å². The van der Waals surface area contributed by atoms with E-state index >= 15 is 0 Å². The Morgan fingerprint density at radius 2 is 1.73 bits per heavy atom. The molecule has 0 bridgehead atoms. The topological polar surface area (TPSA) is 105 Å². The van der Waals surface area contributed by atoms with E-state index in [4.69, 9.17) is 19.7 Å². The third kappa shape index (κ3) is 6.94. The lowest BCUT2D eigenvalue weighted by Gasteiger charge is -2.08. The van der Waals surface area contributed by atoms with E-state index in [9.17, 15) is 9.59 Å². The molecule has 7 heteroatoms. The summed E-state index contributed by atoms with van der Waals surface area (Å²) in [5.41, 5.74) is 1.22. The van der Waals surface area contributed by atoms with Crippen LogP contribution >= 0.6 is 0 Å². The second kappa shape index (κ2) is 8.89. The smallest absolute Gasteiger partial charge is 0.303 e. The monoisotopic (exact) mass is 311 g/mol. The SMILES string of the molecule is CC(C)NCc1ccc2c(c1)OCO2.O=C(O)CCC(=O)O. The first-order chi connectivity index (χ1) is 10.4. The summed E-state index contributed by atoms with van der Waals surface area (Å²) >= 11 is 0. The number of ether oxygens (including phenoxy) is 2. The van der Waals surface area contributed by atoms with Crippen LogP contribution in [0, 0.1) is 0 Å². The number of carboxylic acid groups (broad SMARTS) is 2. The Balaban J connectivity index is 0.000000261. The number of carboxylic acids is 2. The lowest BCUT2D eigenvalue weighted by Crippen LogP contribution is -2.21. The van der Waals surface area contributed by atoms with Gasteiger partial charge in [-0.05, 0) is 17.7 Å². The molecule has 2 rings (SSSR count). The molecule has 1 heterocycles. The van der Waals surface area contributed by atoms with Gasteiger partial charge >= 0.3 is 11.9 Å². The maximum absolute atomic E-state index is 9.64. The summed E-state index contributed by atoms with van der Waals surface area (Å²) in [6.07, 6.45) is -0.593. The molecule has 122 valence electrons. The Labute approximate surface area is 128 Å². The maximum Gasteiger partial charge on any atom is 0.303 e. The van der Waals surface area contributed by atoms with Crippen LogP contribution in [0.25, 0.3) is 0 Å². The molecular weight excluding hydrogens is 290 g/mol. The molecule has 7 nitrogen and oxygen atoms in total. The molecule has 0 amide bonds. The van der Waals surface area contributed by atoms with Gasteiger partial charge in [-0.15, -0.1) is 0 Å². The Kier molecular flexibility index (Phi) is 7.18. The second-order valence-electron chi connectivity index (χ2n) is 5.01. The molecule has 0 atom stereocenters. The minimum Gasteiger partial charge on any atom is -0.481 e. The highest BCUT2D eigenvalue weighted by Crippen LogP contribution is 2.32. The predicted molar refractivity (Wildman–Crippen MR) is 79.0 cm³/mol. The molecule has 0 saturated heterocycles. The highest BCUT2D eigenvalue weighted by molar-refractivity contribution is 5.75. The van der Waals surface area contributed by atoms with Crippen molar-refractivity contribution in [3.05, 3.63) is 23.8 Å². The second-order valence-corrected chi connectivity index (χ2v) is 5.01. The summed E-state index contributed by atoms with van der Waals surface area (Å²) in [6, 6.07) is 6.54. The van der Waals surface area contributed by atoms with E-state index in [0.29, 0.717) is 12.8 Å². The maximum atomic E-state index is 9.64. The highest BCUT2D eigenvalue weighted by Gasteiger charge is 2.12. The van der Waals surface area contributed by atoms with Crippen molar-refractivity contribution in [2.75, 3.05) is 6.79 Å². The van der Waals surface area contributed by atoms with Crippen molar-refractivity contribution in [2.45, 2.75) is 39.3 Å². The van der Waals surface area contributed by atoms with Crippen molar-refractivity contribution in [1.82, 2.24) is 5.32 Å². The van der Waals surface area contributed by atoms with E-state index in [1.165, 1.54) is 5.56 Å². The summed E-state index contributed by atoms with van der Waals surface area (Å²) in [7, 11) is 0. The molecule has 22 heavy (non-hydrogen) atoms. The molecule has 1 aromatic rings. The summed E-state index contributed by atoms with van der Waals surface area (Å²) in [6.45, 7) is 5.48. The summed E-state index contributed by atoms with van der Waals surface area (Å²) < 4.78 is 10.5. The van der Waals surface area contributed by atoms with E-state index in [1.54, 1.807) is 0 Å². The molecule has 0 aliphatic carbocycles. The van der Waals surface area contributed by atoms with Crippen molar-refractivity contribution in [2.24, 2.45) is 0 Å². The minimum absolute atomic E-state index is 0.296. The fourth-order valence-electron chi connectivity index (χ4n) is 1.59. The van der Waals surface area contributed by atoms with Gasteiger partial charge in [-0.25, -0.2) is 0 Å². The average molecular weight is 311 g/mol. The Hall–Kier alpha value is -2.28. The molecule has 0 saturated carbocycles. The third-order valence-electron chi connectivity index (χ3n) is 2.70. The molecular formula is C15H21NO6. The molecule has 1 aliphatic rings. The molecule has 0 aromatic heterocycles. The molecule has 3 N–H and O–H groups in total. The lowest BCUT2D eigenvalue weighted by molar-refractivity contribution is -0.143. The van der Waals surface area contributed by atoms with Gasteiger partial charge in [0.15, 0.2) is 11.5 Å². The highest BCUT2D eigenvalue weighted by atomic mass is 16.7. The number of aliphatic carboxylic acids is 2. The van der Waals surface area contributed by atoms with Gasteiger partial charge in [0.1, 0.15) is 0 Å². The lowest BCUT2D eigenvalue weighted by atomic mass is 10.2. The number of fused-ring (bicyclic) bond motifs is 1. The summed E-state index contributed by atoms with van der Waals surface area (Å²) in [5, 5.41) is 19.2. The van der Waals surface area contributed by atoms with Crippen molar-refractivity contribution < 1.29 is 29.3 Å². The molecule has 0 unspecified atom stereocenters. The number of benzene rings is 1. The normalized spacial score (nSPS) is 11.8. The zero-order valence-corrected chi connectivity index (χ0v) is 12.7. The first kappa shape index (κ1) is 17.8. The number of nitrogens with one attached hydrogen (secondary N) is 1. The zero-order chi connectivity index (χ0) is 16.5. The van der Waals surface area contributed by atoms with Crippen LogP contribution in [-0.2, 0) is 16.1 Å². The van der Waals surface area contributed by atoms with E-state index in [1.807, 2.05) is 12.1 Å². The van der Waals surface area contributed by atoms with Crippen molar-refractivity contribution in [1.29, 1.82) is 0 Å². The molecule has 0 spiro atoms. The Bertz CT molecular complexity index is 501. The minimum atomic E-state index is -1.08.